The smallest absolute Gasteiger partial charge is 0.199 e. The van der Waals surface area contributed by atoms with Crippen LogP contribution in [0, 0.1) is 0 Å². The van der Waals surface area contributed by atoms with Gasteiger partial charge in [0.15, 0.2) is 11.5 Å². The number of rotatable bonds is 4. The molecule has 86 valence electrons. The van der Waals surface area contributed by atoms with Gasteiger partial charge in [-0.3, -0.25) is 0 Å². The van der Waals surface area contributed by atoms with E-state index in [-0.39, 0.29) is 5.92 Å². The molecule has 0 amide bonds. The first-order valence-corrected chi connectivity index (χ1v) is 5.85. The summed E-state index contributed by atoms with van der Waals surface area (Å²) >= 11 is 5.89. The molecular weight excluding hydrogens is 224 g/mol. The fourth-order valence-corrected chi connectivity index (χ4v) is 1.74. The lowest BCUT2D eigenvalue weighted by Crippen LogP contribution is -2.19. The molecular formula is C12H15ClN2O. The van der Waals surface area contributed by atoms with Crippen molar-refractivity contribution < 1.29 is 4.42 Å². The molecule has 0 bridgehead atoms. The highest BCUT2D eigenvalue weighted by molar-refractivity contribution is 6.31. The minimum Gasteiger partial charge on any atom is -0.440 e. The van der Waals surface area contributed by atoms with Gasteiger partial charge in [0.05, 0.1) is 0 Å². The van der Waals surface area contributed by atoms with Crippen molar-refractivity contribution in [1.29, 1.82) is 0 Å². The molecule has 1 heterocycles. The Balaban J connectivity index is 2.25. The first kappa shape index (κ1) is 11.4. The summed E-state index contributed by atoms with van der Waals surface area (Å²) in [5, 5.41) is 3.95. The summed E-state index contributed by atoms with van der Waals surface area (Å²) in [7, 11) is 0. The number of halogens is 1. The zero-order chi connectivity index (χ0) is 11.5. The van der Waals surface area contributed by atoms with Crippen LogP contribution in [-0.4, -0.2) is 18.1 Å². The normalized spacial score (nSPS) is 13.2. The number of oxazole rings is 1. The molecule has 1 aromatic heterocycles. The van der Waals surface area contributed by atoms with Crippen molar-refractivity contribution in [2.45, 2.75) is 19.8 Å². The zero-order valence-electron chi connectivity index (χ0n) is 9.46. The van der Waals surface area contributed by atoms with Gasteiger partial charge < -0.3 is 9.73 Å². The van der Waals surface area contributed by atoms with Gasteiger partial charge in [0, 0.05) is 23.6 Å². The lowest BCUT2D eigenvalue weighted by molar-refractivity contribution is 0.470. The van der Waals surface area contributed by atoms with E-state index in [1.165, 1.54) is 0 Å². The number of aromatic nitrogens is 1. The Morgan fingerprint density at radius 3 is 3.06 bits per heavy atom. The molecule has 2 rings (SSSR count). The minimum atomic E-state index is 0.270. The summed E-state index contributed by atoms with van der Waals surface area (Å²) in [5.74, 6) is 1.03. The maximum Gasteiger partial charge on any atom is 0.199 e. The van der Waals surface area contributed by atoms with E-state index in [0.29, 0.717) is 5.02 Å². The summed E-state index contributed by atoms with van der Waals surface area (Å²) < 4.78 is 5.67. The fraction of sp³-hybridized carbons (Fsp3) is 0.417. The first-order chi connectivity index (χ1) is 7.70. The van der Waals surface area contributed by atoms with Crippen LogP contribution < -0.4 is 5.32 Å². The number of nitrogens with one attached hydrogen (secondary N) is 1. The predicted molar refractivity (Wildman–Crippen MR) is 66.0 cm³/mol. The monoisotopic (exact) mass is 238 g/mol. The van der Waals surface area contributed by atoms with Crippen molar-refractivity contribution in [3.05, 3.63) is 29.1 Å². The molecule has 0 fully saturated rings. The van der Waals surface area contributed by atoms with Crippen LogP contribution in [0.25, 0.3) is 11.1 Å². The molecule has 16 heavy (non-hydrogen) atoms. The summed E-state index contributed by atoms with van der Waals surface area (Å²) in [6, 6.07) is 5.50. The highest BCUT2D eigenvalue weighted by Crippen LogP contribution is 2.23. The van der Waals surface area contributed by atoms with Gasteiger partial charge >= 0.3 is 0 Å². The van der Waals surface area contributed by atoms with Crippen molar-refractivity contribution in [3.63, 3.8) is 0 Å². The van der Waals surface area contributed by atoms with Crippen molar-refractivity contribution >= 4 is 22.7 Å². The van der Waals surface area contributed by atoms with Gasteiger partial charge in [0.25, 0.3) is 0 Å². The molecule has 0 aliphatic rings. The molecule has 4 heteroatoms. The van der Waals surface area contributed by atoms with Crippen LogP contribution in [-0.2, 0) is 0 Å². The molecule has 0 aliphatic heterocycles. The van der Waals surface area contributed by atoms with E-state index in [2.05, 4.69) is 24.1 Å². The summed E-state index contributed by atoms with van der Waals surface area (Å²) in [6.45, 7) is 6.00. The number of nitrogens with zero attached hydrogens (tertiary/aromatic N) is 1. The van der Waals surface area contributed by atoms with Crippen molar-refractivity contribution in [3.8, 4) is 0 Å². The standard InChI is InChI=1S/C12H15ClN2O/c1-3-14-7-8(2)12-15-10-5-4-9(13)6-11(10)16-12/h4-6,8,14H,3,7H2,1-2H3. The molecule has 0 radical (unpaired) electrons. The van der Waals surface area contributed by atoms with E-state index in [4.69, 9.17) is 16.0 Å². The Morgan fingerprint density at radius 2 is 2.31 bits per heavy atom. The Labute approximate surface area is 99.8 Å². The Kier molecular flexibility index (Phi) is 3.46. The lowest BCUT2D eigenvalue weighted by Gasteiger charge is -2.06. The van der Waals surface area contributed by atoms with E-state index < -0.39 is 0 Å². The van der Waals surface area contributed by atoms with Crippen LogP contribution in [0.3, 0.4) is 0 Å². The SMILES string of the molecule is CCNCC(C)c1nc2ccc(Cl)cc2o1. The van der Waals surface area contributed by atoms with Crippen molar-refractivity contribution in [2.24, 2.45) is 0 Å². The Hall–Kier alpha value is -1.06. The zero-order valence-corrected chi connectivity index (χ0v) is 10.2. The first-order valence-electron chi connectivity index (χ1n) is 5.47. The Bertz CT molecular complexity index is 481. The molecule has 3 nitrogen and oxygen atoms in total. The highest BCUT2D eigenvalue weighted by Gasteiger charge is 2.12. The van der Waals surface area contributed by atoms with Crippen LogP contribution in [0.5, 0.6) is 0 Å². The molecule has 2 aromatic rings. The van der Waals surface area contributed by atoms with E-state index in [9.17, 15) is 0 Å². The van der Waals surface area contributed by atoms with Gasteiger partial charge in [0.2, 0.25) is 0 Å². The Morgan fingerprint density at radius 1 is 1.50 bits per heavy atom. The van der Waals surface area contributed by atoms with Gasteiger partial charge in [-0.2, -0.15) is 0 Å². The average molecular weight is 239 g/mol. The molecule has 1 aromatic carbocycles. The third-order valence-electron chi connectivity index (χ3n) is 2.49. The van der Waals surface area contributed by atoms with E-state index in [1.807, 2.05) is 12.1 Å². The third-order valence-corrected chi connectivity index (χ3v) is 2.72. The highest BCUT2D eigenvalue weighted by atomic mass is 35.5. The summed E-state index contributed by atoms with van der Waals surface area (Å²) in [4.78, 5) is 4.44. The van der Waals surface area contributed by atoms with Crippen LogP contribution >= 0.6 is 11.6 Å². The number of hydrogen-bond acceptors (Lipinski definition) is 3. The molecule has 0 saturated heterocycles. The maximum atomic E-state index is 5.89. The summed E-state index contributed by atoms with van der Waals surface area (Å²) in [6.07, 6.45) is 0. The van der Waals surface area contributed by atoms with Gasteiger partial charge in [-0.1, -0.05) is 25.4 Å². The molecule has 0 saturated carbocycles. The number of hydrogen-bond donors (Lipinski definition) is 1. The van der Waals surface area contributed by atoms with E-state index >= 15 is 0 Å². The van der Waals surface area contributed by atoms with E-state index in [1.54, 1.807) is 6.07 Å². The second kappa shape index (κ2) is 4.85. The predicted octanol–water partition coefficient (Wildman–Crippen LogP) is 3.19. The molecule has 1 unspecified atom stereocenters. The van der Waals surface area contributed by atoms with Gasteiger partial charge in [-0.15, -0.1) is 0 Å². The van der Waals surface area contributed by atoms with E-state index in [0.717, 1.165) is 30.1 Å². The maximum absolute atomic E-state index is 5.89. The number of benzene rings is 1. The van der Waals surface area contributed by atoms with Gasteiger partial charge in [-0.05, 0) is 18.7 Å². The molecule has 0 spiro atoms. The largest absolute Gasteiger partial charge is 0.440 e. The summed E-state index contributed by atoms with van der Waals surface area (Å²) in [5.41, 5.74) is 1.62. The molecule has 1 N–H and O–H groups in total. The molecule has 0 aliphatic carbocycles. The fourth-order valence-electron chi connectivity index (χ4n) is 1.58. The van der Waals surface area contributed by atoms with Crippen LogP contribution in [0.1, 0.15) is 25.7 Å². The van der Waals surface area contributed by atoms with Crippen molar-refractivity contribution in [2.75, 3.05) is 13.1 Å². The van der Waals surface area contributed by atoms with Crippen LogP contribution in [0.15, 0.2) is 22.6 Å². The minimum absolute atomic E-state index is 0.270. The number of likely N-dealkylation sites (N-methyl/N-ethyl adjacent to an activating group) is 1. The van der Waals surface area contributed by atoms with Gasteiger partial charge in [0.1, 0.15) is 5.52 Å². The number of fused-ring (bicyclic) bond motifs is 1. The van der Waals surface area contributed by atoms with Crippen LogP contribution in [0.4, 0.5) is 0 Å². The average Bonchev–Trinajstić information content (AvgIpc) is 2.68. The van der Waals surface area contributed by atoms with Gasteiger partial charge in [-0.25, -0.2) is 4.98 Å². The molecule has 1 atom stereocenters. The third kappa shape index (κ3) is 2.36. The second-order valence-corrected chi connectivity index (χ2v) is 4.31. The van der Waals surface area contributed by atoms with Crippen molar-refractivity contribution in [1.82, 2.24) is 10.3 Å². The van der Waals surface area contributed by atoms with Crippen LogP contribution in [0.2, 0.25) is 5.02 Å². The quantitative estimate of drug-likeness (QED) is 0.889. The topological polar surface area (TPSA) is 38.1 Å². The lowest BCUT2D eigenvalue weighted by atomic mass is 10.2. The second-order valence-electron chi connectivity index (χ2n) is 3.87.